The topological polar surface area (TPSA) is 125 Å². The van der Waals surface area contributed by atoms with Gasteiger partial charge in [-0.15, -0.1) is 0 Å². The van der Waals surface area contributed by atoms with Gasteiger partial charge in [0.25, 0.3) is 0 Å². The first kappa shape index (κ1) is 17.2. The molecule has 0 aliphatic carbocycles. The lowest BCUT2D eigenvalue weighted by molar-refractivity contribution is 0.129. The fourth-order valence-corrected chi connectivity index (χ4v) is 2.14. The van der Waals surface area contributed by atoms with Crippen molar-refractivity contribution < 1.29 is 15.3 Å². The molecule has 8 heteroatoms. The van der Waals surface area contributed by atoms with Gasteiger partial charge < -0.3 is 15.3 Å². The van der Waals surface area contributed by atoms with Crippen molar-refractivity contribution in [3.8, 4) is 0 Å². The van der Waals surface area contributed by atoms with Gasteiger partial charge in [0.15, 0.2) is 5.84 Å². The van der Waals surface area contributed by atoms with Crippen molar-refractivity contribution in [2.24, 2.45) is 10.1 Å². The maximum atomic E-state index is 9.86. The average molecular weight is 319 g/mol. The van der Waals surface area contributed by atoms with E-state index in [2.05, 4.69) is 15.4 Å². The Morgan fingerprint density at radius 3 is 2.57 bits per heavy atom. The van der Waals surface area contributed by atoms with Crippen molar-refractivity contribution in [1.29, 1.82) is 5.41 Å². The van der Waals surface area contributed by atoms with Crippen molar-refractivity contribution in [3.05, 3.63) is 29.8 Å². The Morgan fingerprint density at radius 2 is 1.96 bits per heavy atom. The van der Waals surface area contributed by atoms with Crippen LogP contribution in [-0.2, 0) is 0 Å². The van der Waals surface area contributed by atoms with Crippen molar-refractivity contribution >= 4 is 22.9 Å². The lowest BCUT2D eigenvalue weighted by Gasteiger charge is -2.12. The highest BCUT2D eigenvalue weighted by molar-refractivity contribution is 6.69. The van der Waals surface area contributed by atoms with Crippen LogP contribution >= 0.6 is 0 Å². The van der Waals surface area contributed by atoms with Crippen LogP contribution in [0.5, 0.6) is 0 Å². The summed E-state index contributed by atoms with van der Waals surface area (Å²) in [6.45, 7) is 2.20. The number of benzene rings is 1. The Balaban J connectivity index is 2.11. The monoisotopic (exact) mass is 319 g/mol. The standard InChI is InChI=1S/C15H21N5O3/c1-10-13(14(16)20(19-10)7-9-22)18-12-4-2-11(3-5-12)15(23)17-6-8-21/h2-5,15-17,21-23H,6-9H2,1H3. The molecule has 5 N–H and O–H groups in total. The number of nitrogens with zero attached hydrogens (tertiary/aromatic N) is 3. The molecule has 1 atom stereocenters. The number of hydrogen-bond acceptors (Lipinski definition) is 7. The van der Waals surface area contributed by atoms with Crippen LogP contribution < -0.4 is 5.32 Å². The second-order valence-electron chi connectivity index (χ2n) is 5.01. The number of hydrogen-bond donors (Lipinski definition) is 5. The van der Waals surface area contributed by atoms with Gasteiger partial charge in [0, 0.05) is 6.54 Å². The third-order valence-corrected chi connectivity index (χ3v) is 3.31. The van der Waals surface area contributed by atoms with Gasteiger partial charge in [-0.3, -0.25) is 10.7 Å². The zero-order valence-corrected chi connectivity index (χ0v) is 12.9. The smallest absolute Gasteiger partial charge is 0.169 e. The Kier molecular flexibility index (Phi) is 5.94. The second kappa shape index (κ2) is 7.93. The second-order valence-corrected chi connectivity index (χ2v) is 5.01. The number of aliphatic imine (C=N–C) groups is 1. The molecular weight excluding hydrogens is 298 g/mol. The summed E-state index contributed by atoms with van der Waals surface area (Å²) in [4.78, 5) is 4.41. The van der Waals surface area contributed by atoms with Crippen molar-refractivity contribution in [2.45, 2.75) is 13.2 Å². The zero-order chi connectivity index (χ0) is 16.8. The molecule has 124 valence electrons. The minimum atomic E-state index is -0.850. The van der Waals surface area contributed by atoms with Crippen LogP contribution in [0.3, 0.4) is 0 Å². The lowest BCUT2D eigenvalue weighted by atomic mass is 10.1. The molecule has 1 aliphatic heterocycles. The van der Waals surface area contributed by atoms with Gasteiger partial charge in [-0.25, -0.2) is 10.0 Å². The van der Waals surface area contributed by atoms with Crippen molar-refractivity contribution in [3.63, 3.8) is 0 Å². The highest BCUT2D eigenvalue weighted by Gasteiger charge is 2.25. The average Bonchev–Trinajstić information content (AvgIpc) is 2.81. The van der Waals surface area contributed by atoms with Crippen LogP contribution in [0.15, 0.2) is 34.4 Å². The normalized spacial score (nSPS) is 17.7. The van der Waals surface area contributed by atoms with Gasteiger partial charge in [0.2, 0.25) is 0 Å². The molecular formula is C15H21N5O3. The summed E-state index contributed by atoms with van der Waals surface area (Å²) < 4.78 is 0. The Hall–Kier alpha value is -2.13. The van der Waals surface area contributed by atoms with E-state index in [0.717, 1.165) is 0 Å². The fraction of sp³-hybridized carbons (Fsp3) is 0.400. The molecule has 0 bridgehead atoms. The van der Waals surface area contributed by atoms with Crippen LogP contribution in [0.4, 0.5) is 5.69 Å². The van der Waals surface area contributed by atoms with E-state index in [1.165, 1.54) is 5.01 Å². The summed E-state index contributed by atoms with van der Waals surface area (Å²) in [6, 6.07) is 6.93. The third kappa shape index (κ3) is 4.20. The molecule has 1 heterocycles. The minimum Gasteiger partial charge on any atom is -0.395 e. The number of aliphatic hydroxyl groups is 3. The zero-order valence-electron chi connectivity index (χ0n) is 12.9. The number of nitrogens with one attached hydrogen (secondary N) is 2. The molecule has 1 unspecified atom stereocenters. The van der Waals surface area contributed by atoms with Gasteiger partial charge >= 0.3 is 0 Å². The van der Waals surface area contributed by atoms with E-state index < -0.39 is 6.23 Å². The quantitative estimate of drug-likeness (QED) is 0.452. The Morgan fingerprint density at radius 1 is 1.26 bits per heavy atom. The highest BCUT2D eigenvalue weighted by Crippen LogP contribution is 2.19. The molecule has 8 nitrogen and oxygen atoms in total. The summed E-state index contributed by atoms with van der Waals surface area (Å²) in [6.07, 6.45) is -0.850. The summed E-state index contributed by atoms with van der Waals surface area (Å²) >= 11 is 0. The number of β-amino-alcohol motifs (C(OH)–C–C–N with tert-alkyl or cyclic N) is 1. The molecule has 0 radical (unpaired) electrons. The van der Waals surface area contributed by atoms with Crippen LogP contribution in [0.25, 0.3) is 0 Å². The number of rotatable bonds is 7. The molecule has 0 saturated heterocycles. The molecule has 1 aliphatic rings. The molecule has 0 amide bonds. The highest BCUT2D eigenvalue weighted by atomic mass is 16.3. The molecule has 0 spiro atoms. The first-order valence-electron chi connectivity index (χ1n) is 7.30. The van der Waals surface area contributed by atoms with Crippen molar-refractivity contribution in [1.82, 2.24) is 10.3 Å². The summed E-state index contributed by atoms with van der Waals surface area (Å²) in [5.74, 6) is 0.158. The van der Waals surface area contributed by atoms with E-state index in [-0.39, 0.29) is 25.6 Å². The van der Waals surface area contributed by atoms with Crippen molar-refractivity contribution in [2.75, 3.05) is 26.3 Å². The summed E-state index contributed by atoms with van der Waals surface area (Å²) in [5.41, 5.74) is 2.39. The van der Waals surface area contributed by atoms with Gasteiger partial charge in [-0.1, -0.05) is 12.1 Å². The van der Waals surface area contributed by atoms with E-state index in [0.29, 0.717) is 29.2 Å². The molecule has 1 aromatic rings. The molecule has 1 aromatic carbocycles. The van der Waals surface area contributed by atoms with Crippen LogP contribution in [0.1, 0.15) is 18.7 Å². The molecule has 0 aromatic heterocycles. The number of amidine groups is 1. The van der Waals surface area contributed by atoms with Gasteiger partial charge in [0.1, 0.15) is 11.9 Å². The Bertz CT molecular complexity index is 612. The van der Waals surface area contributed by atoms with Gasteiger partial charge in [-0.05, 0) is 24.6 Å². The van der Waals surface area contributed by atoms with Crippen LogP contribution in [0, 0.1) is 5.41 Å². The van der Waals surface area contributed by atoms with E-state index in [4.69, 9.17) is 15.6 Å². The van der Waals surface area contributed by atoms with E-state index in [1.807, 2.05) is 0 Å². The van der Waals surface area contributed by atoms with Gasteiger partial charge in [-0.2, -0.15) is 5.10 Å². The molecule has 0 saturated carbocycles. The van der Waals surface area contributed by atoms with E-state index >= 15 is 0 Å². The van der Waals surface area contributed by atoms with E-state index in [9.17, 15) is 5.11 Å². The predicted octanol–water partition coefficient (Wildman–Crippen LogP) is -0.00703. The fourth-order valence-electron chi connectivity index (χ4n) is 2.14. The molecule has 0 fully saturated rings. The van der Waals surface area contributed by atoms with Crippen LogP contribution in [0.2, 0.25) is 0 Å². The summed E-state index contributed by atoms with van der Waals surface area (Å²) in [5, 5.41) is 43.9. The molecule has 2 rings (SSSR count). The number of aliphatic hydroxyl groups excluding tert-OH is 3. The maximum absolute atomic E-state index is 9.86. The number of hydrazone groups is 1. The van der Waals surface area contributed by atoms with Crippen LogP contribution in [-0.4, -0.2) is 63.9 Å². The first-order valence-corrected chi connectivity index (χ1v) is 7.30. The molecule has 23 heavy (non-hydrogen) atoms. The SMILES string of the molecule is CC1=NN(CCO)C(=N)C1=Nc1ccc(C(O)NCCO)cc1. The lowest BCUT2D eigenvalue weighted by Crippen LogP contribution is -2.28. The summed E-state index contributed by atoms with van der Waals surface area (Å²) in [7, 11) is 0. The predicted molar refractivity (Wildman–Crippen MR) is 88.2 cm³/mol. The largest absolute Gasteiger partial charge is 0.395 e. The third-order valence-electron chi connectivity index (χ3n) is 3.31. The maximum Gasteiger partial charge on any atom is 0.169 e. The van der Waals surface area contributed by atoms with Gasteiger partial charge in [0.05, 0.1) is 31.2 Å². The Labute approximate surface area is 134 Å². The minimum absolute atomic E-state index is 0.0478. The first-order chi connectivity index (χ1) is 11.1. The van der Waals surface area contributed by atoms with E-state index in [1.54, 1.807) is 31.2 Å².